The van der Waals surface area contributed by atoms with Crippen molar-refractivity contribution >= 4 is 46.5 Å². The number of hydrogen-bond donors (Lipinski definition) is 1. The van der Waals surface area contributed by atoms with E-state index in [4.69, 9.17) is 21.2 Å². The molecule has 1 fully saturated rings. The van der Waals surface area contributed by atoms with Crippen LogP contribution in [0.1, 0.15) is 15.2 Å². The predicted molar refractivity (Wildman–Crippen MR) is 111 cm³/mol. The first-order chi connectivity index (χ1) is 14.0. The highest BCUT2D eigenvalue weighted by Gasteiger charge is 2.32. The van der Waals surface area contributed by atoms with Crippen molar-refractivity contribution in [1.82, 2.24) is 10.2 Å². The molecule has 2 aromatic rings. The summed E-state index contributed by atoms with van der Waals surface area (Å²) in [5, 5.41) is 6.87. The number of ether oxygens (including phenoxy) is 1. The number of halogens is 1. The summed E-state index contributed by atoms with van der Waals surface area (Å²) in [6.45, 7) is 1.92. The van der Waals surface area contributed by atoms with Crippen LogP contribution in [0.15, 0.2) is 41.6 Å². The summed E-state index contributed by atoms with van der Waals surface area (Å²) in [6.07, 6.45) is -0.865. The monoisotopic (exact) mass is 434 g/mol. The molecule has 1 aromatic carbocycles. The van der Waals surface area contributed by atoms with Gasteiger partial charge in [-0.25, -0.2) is 4.79 Å². The number of thiophene rings is 1. The summed E-state index contributed by atoms with van der Waals surface area (Å²) in [4.78, 5) is 33.6. The van der Waals surface area contributed by atoms with E-state index >= 15 is 0 Å². The number of cyclic esters (lactones) is 1. The molecule has 8 nitrogen and oxygen atoms in total. The van der Waals surface area contributed by atoms with Gasteiger partial charge in [-0.2, -0.15) is 0 Å². The lowest BCUT2D eigenvalue weighted by Gasteiger charge is -2.24. The maximum absolute atomic E-state index is 12.3. The normalized spacial score (nSPS) is 18.9. The van der Waals surface area contributed by atoms with Gasteiger partial charge in [-0.05, 0) is 36.4 Å². The fourth-order valence-electron chi connectivity index (χ4n) is 3.09. The van der Waals surface area contributed by atoms with Crippen molar-refractivity contribution in [2.75, 3.05) is 38.2 Å². The van der Waals surface area contributed by atoms with Crippen LogP contribution >= 0.6 is 22.9 Å². The van der Waals surface area contributed by atoms with Gasteiger partial charge in [0.1, 0.15) is 12.7 Å². The summed E-state index contributed by atoms with van der Waals surface area (Å²) in [5.74, 6) is 0.515. The van der Waals surface area contributed by atoms with E-state index in [1.807, 2.05) is 36.2 Å². The fourth-order valence-corrected chi connectivity index (χ4v) is 4.05. The van der Waals surface area contributed by atoms with E-state index in [0.29, 0.717) is 22.4 Å². The van der Waals surface area contributed by atoms with Gasteiger partial charge in [0.25, 0.3) is 5.91 Å². The summed E-state index contributed by atoms with van der Waals surface area (Å²) in [7, 11) is 1.95. The average molecular weight is 435 g/mol. The molecule has 0 unspecified atom stereocenters. The molecule has 0 aliphatic carbocycles. The molecule has 0 saturated carbocycles. The van der Waals surface area contributed by atoms with Gasteiger partial charge in [0, 0.05) is 18.3 Å². The Morgan fingerprint density at radius 3 is 2.79 bits per heavy atom. The first-order valence-electron chi connectivity index (χ1n) is 9.04. The molecular formula is C19H19ClN4O4S. The van der Waals surface area contributed by atoms with E-state index in [1.54, 1.807) is 17.0 Å². The SMILES string of the molecule is CN1CCON=C1c1ccc(N2C[C@H](CNC(=O)c3ccc(Cl)s3)OC2=O)cc1. The lowest BCUT2D eigenvalue weighted by Crippen LogP contribution is -2.34. The lowest BCUT2D eigenvalue weighted by molar-refractivity contribution is 0.0920. The van der Waals surface area contributed by atoms with Crippen LogP contribution in [0.4, 0.5) is 10.5 Å². The second-order valence-electron chi connectivity index (χ2n) is 6.65. The van der Waals surface area contributed by atoms with Crippen LogP contribution in [0.25, 0.3) is 0 Å². The molecule has 2 aliphatic rings. The Morgan fingerprint density at radius 1 is 1.31 bits per heavy atom. The van der Waals surface area contributed by atoms with Gasteiger partial charge in [-0.15, -0.1) is 11.3 Å². The van der Waals surface area contributed by atoms with Crippen molar-refractivity contribution in [2.24, 2.45) is 5.16 Å². The second kappa shape index (κ2) is 8.30. The fraction of sp³-hybridized carbons (Fsp3) is 0.316. The van der Waals surface area contributed by atoms with Gasteiger partial charge >= 0.3 is 6.09 Å². The maximum Gasteiger partial charge on any atom is 0.414 e. The average Bonchev–Trinajstić information content (AvgIpc) is 3.32. The number of anilines is 1. The molecule has 29 heavy (non-hydrogen) atoms. The molecule has 1 saturated heterocycles. The van der Waals surface area contributed by atoms with E-state index in [0.717, 1.165) is 23.6 Å². The topological polar surface area (TPSA) is 83.5 Å². The Hall–Kier alpha value is -2.78. The Balaban J connectivity index is 1.36. The van der Waals surface area contributed by atoms with Crippen molar-refractivity contribution in [3.8, 4) is 0 Å². The van der Waals surface area contributed by atoms with E-state index < -0.39 is 12.2 Å². The molecule has 152 valence electrons. The van der Waals surface area contributed by atoms with E-state index in [2.05, 4.69) is 10.5 Å². The van der Waals surface area contributed by atoms with Gasteiger partial charge in [0.05, 0.1) is 28.8 Å². The number of carbonyl (C=O) groups is 2. The lowest BCUT2D eigenvalue weighted by atomic mass is 10.1. The quantitative estimate of drug-likeness (QED) is 0.782. The zero-order valence-corrected chi connectivity index (χ0v) is 17.2. The van der Waals surface area contributed by atoms with Crippen molar-refractivity contribution in [3.05, 3.63) is 51.2 Å². The number of hydrogen-bond acceptors (Lipinski definition) is 7. The minimum atomic E-state index is -0.438. The van der Waals surface area contributed by atoms with Gasteiger partial charge in [-0.3, -0.25) is 9.69 Å². The number of carbonyl (C=O) groups excluding carboxylic acids is 2. The molecule has 1 atom stereocenters. The maximum atomic E-state index is 12.3. The van der Waals surface area contributed by atoms with Crippen LogP contribution in [0.5, 0.6) is 0 Å². The van der Waals surface area contributed by atoms with Gasteiger partial charge in [0.15, 0.2) is 5.84 Å². The molecular weight excluding hydrogens is 416 g/mol. The number of nitrogens with one attached hydrogen (secondary N) is 1. The van der Waals surface area contributed by atoms with E-state index in [-0.39, 0.29) is 12.5 Å². The molecule has 3 heterocycles. The van der Waals surface area contributed by atoms with Crippen molar-refractivity contribution in [2.45, 2.75) is 6.10 Å². The van der Waals surface area contributed by atoms with E-state index in [1.165, 1.54) is 11.3 Å². The van der Waals surface area contributed by atoms with Gasteiger partial charge in [0.2, 0.25) is 0 Å². The number of nitrogens with zero attached hydrogens (tertiary/aromatic N) is 3. The van der Waals surface area contributed by atoms with Crippen LogP contribution in [0.2, 0.25) is 4.34 Å². The number of rotatable bonds is 5. The Morgan fingerprint density at radius 2 is 2.10 bits per heavy atom. The molecule has 0 spiro atoms. The van der Waals surface area contributed by atoms with Gasteiger partial charge in [-0.1, -0.05) is 16.8 Å². The minimum absolute atomic E-state index is 0.230. The summed E-state index contributed by atoms with van der Waals surface area (Å²) in [6, 6.07) is 10.8. The molecule has 10 heteroatoms. The largest absolute Gasteiger partial charge is 0.442 e. The third-order valence-electron chi connectivity index (χ3n) is 4.63. The van der Waals surface area contributed by atoms with Gasteiger partial charge < -0.3 is 19.8 Å². The summed E-state index contributed by atoms with van der Waals surface area (Å²) < 4.78 is 5.93. The van der Waals surface area contributed by atoms with E-state index in [9.17, 15) is 9.59 Å². The minimum Gasteiger partial charge on any atom is -0.442 e. The molecule has 1 aromatic heterocycles. The summed E-state index contributed by atoms with van der Waals surface area (Å²) >= 11 is 7.05. The number of amidine groups is 1. The van der Waals surface area contributed by atoms with Crippen molar-refractivity contribution < 1.29 is 19.2 Å². The van der Waals surface area contributed by atoms with Crippen LogP contribution in [0, 0.1) is 0 Å². The number of benzene rings is 1. The summed E-state index contributed by atoms with van der Waals surface area (Å²) in [5.41, 5.74) is 1.62. The van der Waals surface area contributed by atoms with Crippen molar-refractivity contribution in [1.29, 1.82) is 0 Å². The highest BCUT2D eigenvalue weighted by atomic mass is 35.5. The molecule has 0 radical (unpaired) electrons. The number of oxime groups is 1. The van der Waals surface area contributed by atoms with Crippen LogP contribution < -0.4 is 10.2 Å². The Labute approximate surface area is 176 Å². The third-order valence-corrected chi connectivity index (χ3v) is 5.86. The first kappa shape index (κ1) is 19.5. The second-order valence-corrected chi connectivity index (χ2v) is 8.36. The standard InChI is InChI=1S/C19H19ClN4O4S/c1-23-8-9-27-22-17(23)12-2-4-13(5-3-12)24-11-14(28-19(24)26)10-21-18(25)15-6-7-16(20)29-15/h2-7,14H,8-11H2,1H3,(H,21,25)/t14-/m0/s1. The predicted octanol–water partition coefficient (Wildman–Crippen LogP) is 2.78. The third kappa shape index (κ3) is 4.30. The molecule has 2 aliphatic heterocycles. The molecule has 4 rings (SSSR count). The number of amides is 2. The first-order valence-corrected chi connectivity index (χ1v) is 10.2. The molecule has 2 amide bonds. The Kier molecular flexibility index (Phi) is 5.59. The zero-order chi connectivity index (χ0) is 20.4. The van der Waals surface area contributed by atoms with Crippen molar-refractivity contribution in [3.63, 3.8) is 0 Å². The van der Waals surface area contributed by atoms with Crippen LogP contribution in [-0.2, 0) is 9.57 Å². The number of likely N-dealkylation sites (N-methyl/N-ethyl adjacent to an activating group) is 1. The molecule has 0 bridgehead atoms. The van der Waals surface area contributed by atoms with Crippen LogP contribution in [-0.4, -0.2) is 62.1 Å². The zero-order valence-electron chi connectivity index (χ0n) is 15.6. The highest BCUT2D eigenvalue weighted by molar-refractivity contribution is 7.18. The molecule has 1 N–H and O–H groups in total. The smallest absolute Gasteiger partial charge is 0.414 e. The van der Waals surface area contributed by atoms with Crippen LogP contribution in [0.3, 0.4) is 0 Å². The highest BCUT2D eigenvalue weighted by Crippen LogP contribution is 2.24. The Bertz CT molecular complexity index is 946.